The van der Waals surface area contributed by atoms with E-state index in [0.717, 1.165) is 18.4 Å². The van der Waals surface area contributed by atoms with Crippen molar-refractivity contribution >= 4 is 5.91 Å². The minimum Gasteiger partial charge on any atom is -0.478 e. The molecule has 0 aromatic carbocycles. The van der Waals surface area contributed by atoms with Crippen molar-refractivity contribution in [3.8, 4) is 5.88 Å². The summed E-state index contributed by atoms with van der Waals surface area (Å²) in [5, 5.41) is 2.86. The van der Waals surface area contributed by atoms with Gasteiger partial charge < -0.3 is 14.8 Å². The average Bonchev–Trinajstić information content (AvgIpc) is 2.92. The van der Waals surface area contributed by atoms with Crippen LogP contribution >= 0.6 is 0 Å². The minimum absolute atomic E-state index is 0.0567. The van der Waals surface area contributed by atoms with Gasteiger partial charge in [0.25, 0.3) is 0 Å². The van der Waals surface area contributed by atoms with Crippen molar-refractivity contribution in [1.82, 2.24) is 10.3 Å². The number of carbonyl (C=O) groups excluding carboxylic acids is 1. The Labute approximate surface area is 107 Å². The van der Waals surface area contributed by atoms with Crippen molar-refractivity contribution in [2.75, 3.05) is 13.2 Å². The number of rotatable bonds is 5. The van der Waals surface area contributed by atoms with Gasteiger partial charge in [-0.2, -0.15) is 0 Å². The third-order valence-electron chi connectivity index (χ3n) is 2.81. The first-order valence-electron chi connectivity index (χ1n) is 6.27. The first kappa shape index (κ1) is 12.8. The molecule has 0 saturated carbocycles. The summed E-state index contributed by atoms with van der Waals surface area (Å²) in [5.41, 5.74) is 0.880. The number of nitrogens with zero attached hydrogens (tertiary/aromatic N) is 1. The molecule has 1 unspecified atom stereocenters. The van der Waals surface area contributed by atoms with Crippen LogP contribution in [-0.4, -0.2) is 30.2 Å². The van der Waals surface area contributed by atoms with Gasteiger partial charge in [0.1, 0.15) is 6.10 Å². The van der Waals surface area contributed by atoms with E-state index in [1.807, 2.05) is 19.1 Å². The molecule has 1 saturated heterocycles. The lowest BCUT2D eigenvalue weighted by Crippen LogP contribution is -2.33. The molecule has 1 amide bonds. The highest BCUT2D eigenvalue weighted by molar-refractivity contribution is 5.80. The molecule has 98 valence electrons. The van der Waals surface area contributed by atoms with Crippen LogP contribution in [0.25, 0.3) is 0 Å². The summed E-state index contributed by atoms with van der Waals surface area (Å²) in [6, 6.07) is 3.73. The quantitative estimate of drug-likeness (QED) is 0.855. The number of aromatic nitrogens is 1. The molecular formula is C13H18N2O3. The van der Waals surface area contributed by atoms with E-state index < -0.39 is 0 Å². The van der Waals surface area contributed by atoms with E-state index >= 15 is 0 Å². The molecule has 18 heavy (non-hydrogen) atoms. The Morgan fingerprint density at radius 3 is 3.28 bits per heavy atom. The van der Waals surface area contributed by atoms with Crippen LogP contribution in [0, 0.1) is 0 Å². The lowest BCUT2D eigenvalue weighted by atomic mass is 10.2. The maximum atomic E-state index is 11.8. The topological polar surface area (TPSA) is 60.5 Å². The van der Waals surface area contributed by atoms with Crippen LogP contribution in [0.2, 0.25) is 0 Å². The third kappa shape index (κ3) is 3.20. The van der Waals surface area contributed by atoms with Gasteiger partial charge in [0.15, 0.2) is 0 Å². The van der Waals surface area contributed by atoms with Crippen LogP contribution in [0.4, 0.5) is 0 Å². The molecule has 5 heteroatoms. The molecule has 1 N–H and O–H groups in total. The number of amides is 1. The van der Waals surface area contributed by atoms with Gasteiger partial charge in [-0.25, -0.2) is 4.98 Å². The molecule has 2 heterocycles. The minimum atomic E-state index is -0.294. The summed E-state index contributed by atoms with van der Waals surface area (Å²) in [4.78, 5) is 15.9. The Morgan fingerprint density at radius 2 is 2.56 bits per heavy atom. The lowest BCUT2D eigenvalue weighted by molar-refractivity contribution is -0.130. The zero-order valence-electron chi connectivity index (χ0n) is 10.5. The van der Waals surface area contributed by atoms with Crippen molar-refractivity contribution in [1.29, 1.82) is 0 Å². The van der Waals surface area contributed by atoms with Crippen LogP contribution in [0.5, 0.6) is 5.88 Å². The molecule has 0 bridgehead atoms. The summed E-state index contributed by atoms with van der Waals surface area (Å²) in [6.45, 7) is 3.56. The summed E-state index contributed by atoms with van der Waals surface area (Å²) in [5.74, 6) is 0.520. The fraction of sp³-hybridized carbons (Fsp3) is 0.538. The smallest absolute Gasteiger partial charge is 0.249 e. The highest BCUT2D eigenvalue weighted by Gasteiger charge is 2.23. The van der Waals surface area contributed by atoms with Gasteiger partial charge in [0.05, 0.1) is 6.61 Å². The van der Waals surface area contributed by atoms with E-state index in [2.05, 4.69) is 10.3 Å². The fourth-order valence-corrected chi connectivity index (χ4v) is 1.91. The number of nitrogens with one attached hydrogen (secondary N) is 1. The van der Waals surface area contributed by atoms with Crippen LogP contribution < -0.4 is 10.1 Å². The summed E-state index contributed by atoms with van der Waals surface area (Å²) in [6.07, 6.45) is 3.14. The van der Waals surface area contributed by atoms with Gasteiger partial charge in [0, 0.05) is 24.9 Å². The van der Waals surface area contributed by atoms with Gasteiger partial charge in [0.2, 0.25) is 11.8 Å². The Hall–Kier alpha value is -1.62. The summed E-state index contributed by atoms with van der Waals surface area (Å²) >= 11 is 0. The molecule has 5 nitrogen and oxygen atoms in total. The Kier molecular flexibility index (Phi) is 4.52. The monoisotopic (exact) mass is 250 g/mol. The van der Waals surface area contributed by atoms with Crippen molar-refractivity contribution in [3.05, 3.63) is 23.9 Å². The molecular weight excluding hydrogens is 232 g/mol. The molecule has 1 fully saturated rings. The maximum Gasteiger partial charge on any atom is 0.249 e. The molecule has 0 spiro atoms. The van der Waals surface area contributed by atoms with Crippen LogP contribution in [0.1, 0.15) is 25.3 Å². The second kappa shape index (κ2) is 6.35. The molecule has 1 aromatic rings. The zero-order valence-corrected chi connectivity index (χ0v) is 10.5. The molecule has 1 aliphatic heterocycles. The summed E-state index contributed by atoms with van der Waals surface area (Å²) < 4.78 is 10.7. The standard InChI is InChI=1S/C13H18N2O3/c1-2-17-13-10(5-3-7-14-13)9-15-12(16)11-6-4-8-18-11/h3,5,7,11H,2,4,6,8-9H2,1H3,(H,15,16). The summed E-state index contributed by atoms with van der Waals surface area (Å²) in [7, 11) is 0. The van der Waals surface area contributed by atoms with E-state index in [1.54, 1.807) is 6.20 Å². The molecule has 1 aliphatic rings. The van der Waals surface area contributed by atoms with Crippen LogP contribution in [0.3, 0.4) is 0 Å². The fourth-order valence-electron chi connectivity index (χ4n) is 1.91. The SMILES string of the molecule is CCOc1ncccc1CNC(=O)C1CCCO1. The van der Waals surface area contributed by atoms with Gasteiger partial charge in [-0.05, 0) is 25.8 Å². The van der Waals surface area contributed by atoms with Crippen molar-refractivity contribution in [2.24, 2.45) is 0 Å². The largest absolute Gasteiger partial charge is 0.478 e. The Morgan fingerprint density at radius 1 is 1.67 bits per heavy atom. The van der Waals surface area contributed by atoms with E-state index in [-0.39, 0.29) is 12.0 Å². The van der Waals surface area contributed by atoms with Crippen molar-refractivity contribution < 1.29 is 14.3 Å². The average molecular weight is 250 g/mol. The number of carbonyl (C=O) groups is 1. The molecule has 0 aliphatic carbocycles. The molecule has 0 radical (unpaired) electrons. The van der Waals surface area contributed by atoms with Gasteiger partial charge in [-0.3, -0.25) is 4.79 Å². The number of hydrogen-bond acceptors (Lipinski definition) is 4. The van der Waals surface area contributed by atoms with Gasteiger partial charge >= 0.3 is 0 Å². The van der Waals surface area contributed by atoms with Gasteiger partial charge in [-0.1, -0.05) is 6.07 Å². The first-order chi connectivity index (χ1) is 8.81. The van der Waals surface area contributed by atoms with E-state index in [1.165, 1.54) is 0 Å². The number of ether oxygens (including phenoxy) is 2. The van der Waals surface area contributed by atoms with E-state index in [4.69, 9.17) is 9.47 Å². The first-order valence-corrected chi connectivity index (χ1v) is 6.27. The maximum absolute atomic E-state index is 11.8. The van der Waals surface area contributed by atoms with E-state index in [9.17, 15) is 4.79 Å². The van der Waals surface area contributed by atoms with Crippen LogP contribution in [0.15, 0.2) is 18.3 Å². The predicted molar refractivity (Wildman–Crippen MR) is 66.2 cm³/mol. The Bertz CT molecular complexity index is 403. The number of pyridine rings is 1. The number of hydrogen-bond donors (Lipinski definition) is 1. The van der Waals surface area contributed by atoms with Gasteiger partial charge in [-0.15, -0.1) is 0 Å². The third-order valence-corrected chi connectivity index (χ3v) is 2.81. The molecule has 2 rings (SSSR count). The van der Waals surface area contributed by atoms with Crippen molar-refractivity contribution in [2.45, 2.75) is 32.4 Å². The highest BCUT2D eigenvalue weighted by atomic mass is 16.5. The van der Waals surface area contributed by atoms with Crippen LogP contribution in [-0.2, 0) is 16.1 Å². The normalized spacial score (nSPS) is 18.6. The second-order valence-corrected chi connectivity index (χ2v) is 4.12. The second-order valence-electron chi connectivity index (χ2n) is 4.12. The Balaban J connectivity index is 1.90. The highest BCUT2D eigenvalue weighted by Crippen LogP contribution is 2.15. The van der Waals surface area contributed by atoms with E-state index in [0.29, 0.717) is 25.6 Å². The predicted octanol–water partition coefficient (Wildman–Crippen LogP) is 1.28. The lowest BCUT2D eigenvalue weighted by Gasteiger charge is -2.12. The zero-order chi connectivity index (χ0) is 12.8. The molecule has 1 aromatic heterocycles. The molecule has 1 atom stereocenters. The van der Waals surface area contributed by atoms with Crippen molar-refractivity contribution in [3.63, 3.8) is 0 Å².